The Morgan fingerprint density at radius 1 is 1.00 bits per heavy atom. The van der Waals surface area contributed by atoms with Crippen molar-refractivity contribution in [1.82, 2.24) is 4.90 Å². The molecule has 1 heterocycles. The van der Waals surface area contributed by atoms with E-state index in [2.05, 4.69) is 0 Å². The fourth-order valence-electron chi connectivity index (χ4n) is 3.40. The van der Waals surface area contributed by atoms with Gasteiger partial charge in [-0.25, -0.2) is 9.59 Å². The van der Waals surface area contributed by atoms with E-state index in [0.29, 0.717) is 29.0 Å². The van der Waals surface area contributed by atoms with Crippen molar-refractivity contribution in [1.29, 1.82) is 0 Å². The molecule has 0 spiro atoms. The van der Waals surface area contributed by atoms with Crippen LogP contribution in [0.25, 0.3) is 0 Å². The predicted molar refractivity (Wildman–Crippen MR) is 95.6 cm³/mol. The van der Waals surface area contributed by atoms with E-state index in [1.807, 2.05) is 0 Å². The Bertz CT molecular complexity index is 726. The molecule has 1 aliphatic heterocycles. The third-order valence-corrected chi connectivity index (χ3v) is 4.53. The molecule has 1 amide bonds. The first kappa shape index (κ1) is 20.5. The van der Waals surface area contributed by atoms with Gasteiger partial charge in [0, 0.05) is 19.0 Å². The zero-order chi connectivity index (χ0) is 20.2. The number of amides is 1. The predicted octanol–water partition coefficient (Wildman–Crippen LogP) is 1.43. The van der Waals surface area contributed by atoms with Crippen LogP contribution in [0.2, 0.25) is 0 Å². The lowest BCUT2D eigenvalue weighted by Gasteiger charge is -2.43. The molecule has 8 nitrogen and oxygen atoms in total. The minimum atomic E-state index is -2.02. The molecule has 0 bridgehead atoms. The molecule has 1 aliphatic rings. The number of rotatable bonds is 6. The monoisotopic (exact) mass is 379 g/mol. The molecule has 0 N–H and O–H groups in total. The minimum absolute atomic E-state index is 0.0500. The summed E-state index contributed by atoms with van der Waals surface area (Å²) in [5.41, 5.74) is -1.03. The molecule has 0 atom stereocenters. The summed E-state index contributed by atoms with van der Waals surface area (Å²) in [7, 11) is 2.95. The average molecular weight is 379 g/mol. The Morgan fingerprint density at radius 2 is 1.52 bits per heavy atom. The molecule has 148 valence electrons. The zero-order valence-electron chi connectivity index (χ0n) is 16.3. The van der Waals surface area contributed by atoms with Gasteiger partial charge in [-0.05, 0) is 38.0 Å². The lowest BCUT2D eigenvalue weighted by molar-refractivity contribution is -0.181. The molecule has 1 aromatic rings. The lowest BCUT2D eigenvalue weighted by atomic mass is 9.79. The number of carbonyl (C=O) groups is 3. The highest BCUT2D eigenvalue weighted by Crippen LogP contribution is 2.43. The number of ether oxygens (including phenoxy) is 4. The second-order valence-electron chi connectivity index (χ2n) is 5.94. The van der Waals surface area contributed by atoms with Gasteiger partial charge < -0.3 is 23.8 Å². The number of carbonyl (C=O) groups excluding carboxylic acids is 3. The van der Waals surface area contributed by atoms with E-state index in [4.69, 9.17) is 18.9 Å². The van der Waals surface area contributed by atoms with Crippen molar-refractivity contribution in [2.75, 3.05) is 34.0 Å². The van der Waals surface area contributed by atoms with E-state index < -0.39 is 23.4 Å². The maximum Gasteiger partial charge on any atom is 0.348 e. The summed E-state index contributed by atoms with van der Waals surface area (Å²) in [5, 5.41) is 0. The molecule has 0 aliphatic carbocycles. The fraction of sp³-hybridized carbons (Fsp3) is 0.526. The van der Waals surface area contributed by atoms with Crippen LogP contribution in [0, 0.1) is 0 Å². The van der Waals surface area contributed by atoms with E-state index in [0.717, 1.165) is 0 Å². The number of benzene rings is 1. The highest BCUT2D eigenvalue weighted by molar-refractivity contribution is 6.09. The van der Waals surface area contributed by atoms with Gasteiger partial charge in [0.25, 0.3) is 5.54 Å². The number of hydrogen-bond donors (Lipinski definition) is 0. The quantitative estimate of drug-likeness (QED) is 0.545. The molecule has 0 saturated carbocycles. The largest absolute Gasteiger partial charge is 0.493 e. The Labute approximate surface area is 158 Å². The van der Waals surface area contributed by atoms with Crippen molar-refractivity contribution in [2.45, 2.75) is 32.7 Å². The van der Waals surface area contributed by atoms with Crippen LogP contribution in [0.15, 0.2) is 12.1 Å². The van der Waals surface area contributed by atoms with E-state index in [-0.39, 0.29) is 19.8 Å². The molecule has 0 aromatic heterocycles. The van der Waals surface area contributed by atoms with Gasteiger partial charge in [-0.15, -0.1) is 0 Å². The SMILES string of the molecule is CCOC(=O)C1(C(=O)OCC)c2cc(OC)c(OC)cc2CCN1C(C)=O. The number of methoxy groups -OCH3 is 2. The van der Waals surface area contributed by atoms with Gasteiger partial charge >= 0.3 is 11.9 Å². The maximum absolute atomic E-state index is 13.1. The molecular weight excluding hydrogens is 354 g/mol. The number of esters is 2. The van der Waals surface area contributed by atoms with Crippen LogP contribution >= 0.6 is 0 Å². The van der Waals surface area contributed by atoms with Crippen molar-refractivity contribution in [2.24, 2.45) is 0 Å². The summed E-state index contributed by atoms with van der Waals surface area (Å²) in [5.74, 6) is -1.34. The molecule has 0 saturated heterocycles. The van der Waals surface area contributed by atoms with E-state index in [9.17, 15) is 14.4 Å². The zero-order valence-corrected chi connectivity index (χ0v) is 16.3. The van der Waals surface area contributed by atoms with Crippen LogP contribution in [0.5, 0.6) is 11.5 Å². The molecule has 1 aromatic carbocycles. The summed E-state index contributed by atoms with van der Waals surface area (Å²) in [6, 6.07) is 3.25. The third-order valence-electron chi connectivity index (χ3n) is 4.53. The maximum atomic E-state index is 13.1. The summed E-state index contributed by atoms with van der Waals surface area (Å²) in [6.07, 6.45) is 0.440. The highest BCUT2D eigenvalue weighted by Gasteiger charge is 2.59. The van der Waals surface area contributed by atoms with Gasteiger partial charge in [-0.1, -0.05) is 0 Å². The molecule has 0 fully saturated rings. The Morgan fingerprint density at radius 3 is 1.96 bits per heavy atom. The topological polar surface area (TPSA) is 91.4 Å². The normalized spacial score (nSPS) is 14.8. The molecular formula is C19H25NO7. The Kier molecular flexibility index (Phi) is 6.30. The van der Waals surface area contributed by atoms with E-state index in [1.165, 1.54) is 32.1 Å². The summed E-state index contributed by atoms with van der Waals surface area (Å²) in [4.78, 5) is 39.7. The lowest BCUT2D eigenvalue weighted by Crippen LogP contribution is -2.63. The van der Waals surface area contributed by atoms with Gasteiger partial charge in [0.15, 0.2) is 11.5 Å². The second kappa shape index (κ2) is 8.28. The van der Waals surface area contributed by atoms with Crippen molar-refractivity contribution >= 4 is 17.8 Å². The van der Waals surface area contributed by atoms with E-state index >= 15 is 0 Å². The van der Waals surface area contributed by atoms with Gasteiger partial charge in [0.2, 0.25) is 5.91 Å². The molecule has 8 heteroatoms. The van der Waals surface area contributed by atoms with E-state index in [1.54, 1.807) is 19.9 Å². The smallest absolute Gasteiger partial charge is 0.348 e. The number of fused-ring (bicyclic) bond motifs is 1. The molecule has 27 heavy (non-hydrogen) atoms. The van der Waals surface area contributed by atoms with Gasteiger partial charge in [-0.2, -0.15) is 0 Å². The highest BCUT2D eigenvalue weighted by atomic mass is 16.6. The van der Waals surface area contributed by atoms with Gasteiger partial charge in [-0.3, -0.25) is 4.79 Å². The Hall–Kier alpha value is -2.77. The second-order valence-corrected chi connectivity index (χ2v) is 5.94. The van der Waals surface area contributed by atoms with Gasteiger partial charge in [0.05, 0.1) is 27.4 Å². The third kappa shape index (κ3) is 3.31. The minimum Gasteiger partial charge on any atom is -0.493 e. The standard InChI is InChI=1S/C19H25NO7/c1-6-26-17(22)19(18(23)27-7-2)14-11-16(25-5)15(24-4)10-13(14)8-9-20(19)12(3)21/h10-11H,6-9H2,1-5H3. The first-order valence-electron chi connectivity index (χ1n) is 8.76. The summed E-state index contributed by atoms with van der Waals surface area (Å²) >= 11 is 0. The van der Waals surface area contributed by atoms with Crippen molar-refractivity contribution in [3.63, 3.8) is 0 Å². The van der Waals surface area contributed by atoms with Crippen LogP contribution in [0.1, 0.15) is 31.9 Å². The Balaban J connectivity index is 2.85. The number of nitrogens with zero attached hydrogens (tertiary/aromatic N) is 1. The van der Waals surface area contributed by atoms with Crippen LogP contribution < -0.4 is 9.47 Å². The van der Waals surface area contributed by atoms with Crippen molar-refractivity contribution < 1.29 is 33.3 Å². The number of hydrogen-bond acceptors (Lipinski definition) is 7. The summed E-state index contributed by atoms with van der Waals surface area (Å²) < 4.78 is 21.1. The van der Waals surface area contributed by atoms with Gasteiger partial charge in [0.1, 0.15) is 0 Å². The van der Waals surface area contributed by atoms with Crippen LogP contribution in [0.4, 0.5) is 0 Å². The first-order chi connectivity index (χ1) is 12.9. The van der Waals surface area contributed by atoms with Crippen LogP contribution in [-0.4, -0.2) is 56.7 Å². The fourth-order valence-corrected chi connectivity index (χ4v) is 3.40. The molecule has 2 rings (SSSR count). The van der Waals surface area contributed by atoms with Crippen LogP contribution in [-0.2, 0) is 35.8 Å². The van der Waals surface area contributed by atoms with Crippen LogP contribution in [0.3, 0.4) is 0 Å². The molecule has 0 radical (unpaired) electrons. The average Bonchev–Trinajstić information content (AvgIpc) is 2.65. The first-order valence-corrected chi connectivity index (χ1v) is 8.76. The summed E-state index contributed by atoms with van der Waals surface area (Å²) in [6.45, 7) is 4.83. The van der Waals surface area contributed by atoms with Crippen molar-refractivity contribution in [3.05, 3.63) is 23.3 Å². The van der Waals surface area contributed by atoms with Crippen molar-refractivity contribution in [3.8, 4) is 11.5 Å². The molecule has 0 unspecified atom stereocenters.